The molecule has 3 heterocycles. The van der Waals surface area contributed by atoms with E-state index in [0.29, 0.717) is 31.3 Å². The molecule has 1 spiro atoms. The first-order valence-corrected chi connectivity index (χ1v) is 8.90. The lowest BCUT2D eigenvalue weighted by atomic mass is 9.79. The fourth-order valence-corrected chi connectivity index (χ4v) is 3.93. The van der Waals surface area contributed by atoms with Crippen molar-refractivity contribution < 1.29 is 18.7 Å². The van der Waals surface area contributed by atoms with Gasteiger partial charge < -0.3 is 24.5 Å². The Bertz CT molecular complexity index is 809. The van der Waals surface area contributed by atoms with E-state index in [4.69, 9.17) is 19.6 Å². The number of fused-ring (bicyclic) bond motifs is 2. The summed E-state index contributed by atoms with van der Waals surface area (Å²) in [6, 6.07) is 6.19. The van der Waals surface area contributed by atoms with Gasteiger partial charge in [0.1, 0.15) is 12.0 Å². The highest BCUT2D eigenvalue weighted by Gasteiger charge is 2.42. The standard InChI is InChI=1S/C19H23N3O4/c1-24-14-2-3-15-13(10-14)4-9-26-19(15)5-7-22(8-6-19)18(23)16-12-25-17(11-20)21-16/h2-3,10,12H,4-9,11,20H2,1H3. The van der Waals surface area contributed by atoms with Crippen LogP contribution < -0.4 is 10.5 Å². The Hall–Kier alpha value is -2.38. The molecular formula is C19H23N3O4. The van der Waals surface area contributed by atoms with Crippen LogP contribution in [-0.2, 0) is 23.3 Å². The van der Waals surface area contributed by atoms with Crippen molar-refractivity contribution in [3.8, 4) is 5.75 Å². The quantitative estimate of drug-likeness (QED) is 0.901. The van der Waals surface area contributed by atoms with Gasteiger partial charge in [-0.05, 0) is 42.5 Å². The number of ether oxygens (including phenoxy) is 2. The second-order valence-electron chi connectivity index (χ2n) is 6.74. The van der Waals surface area contributed by atoms with Crippen LogP contribution in [0.3, 0.4) is 0 Å². The Kier molecular flexibility index (Phi) is 4.42. The summed E-state index contributed by atoms with van der Waals surface area (Å²) < 4.78 is 16.8. The molecule has 7 heteroatoms. The van der Waals surface area contributed by atoms with Crippen LogP contribution in [0.5, 0.6) is 5.75 Å². The number of hydrogen-bond donors (Lipinski definition) is 1. The number of nitrogens with zero attached hydrogens (tertiary/aromatic N) is 2. The van der Waals surface area contributed by atoms with Gasteiger partial charge in [-0.3, -0.25) is 4.79 Å². The number of oxazole rings is 1. The summed E-state index contributed by atoms with van der Waals surface area (Å²) in [5.74, 6) is 1.13. The predicted molar refractivity (Wildman–Crippen MR) is 93.9 cm³/mol. The molecule has 0 unspecified atom stereocenters. The number of benzene rings is 1. The molecule has 7 nitrogen and oxygen atoms in total. The van der Waals surface area contributed by atoms with Gasteiger partial charge in [0.05, 0.1) is 25.9 Å². The zero-order chi connectivity index (χ0) is 18.1. The van der Waals surface area contributed by atoms with Gasteiger partial charge in [0.2, 0.25) is 5.89 Å². The third-order valence-corrected chi connectivity index (χ3v) is 5.36. The predicted octanol–water partition coefficient (Wildman–Crippen LogP) is 1.85. The van der Waals surface area contributed by atoms with Crippen molar-refractivity contribution in [1.29, 1.82) is 0 Å². The Labute approximate surface area is 152 Å². The van der Waals surface area contributed by atoms with E-state index >= 15 is 0 Å². The van der Waals surface area contributed by atoms with Crippen LogP contribution in [0.1, 0.15) is 40.3 Å². The molecule has 0 saturated carbocycles. The number of piperidine rings is 1. The number of nitrogens with two attached hydrogens (primary N) is 1. The van der Waals surface area contributed by atoms with Crippen molar-refractivity contribution in [1.82, 2.24) is 9.88 Å². The molecule has 0 radical (unpaired) electrons. The van der Waals surface area contributed by atoms with Crippen LogP contribution >= 0.6 is 0 Å². The fraction of sp³-hybridized carbons (Fsp3) is 0.474. The van der Waals surface area contributed by atoms with Crippen molar-refractivity contribution in [3.63, 3.8) is 0 Å². The van der Waals surface area contributed by atoms with Gasteiger partial charge in [0.25, 0.3) is 5.91 Å². The van der Waals surface area contributed by atoms with Crippen LogP contribution in [0.15, 0.2) is 28.9 Å². The Morgan fingerprint density at radius 2 is 2.19 bits per heavy atom. The van der Waals surface area contributed by atoms with Gasteiger partial charge in [-0.25, -0.2) is 4.98 Å². The SMILES string of the molecule is COc1ccc2c(c1)CCOC21CCN(C(=O)c2coc(CN)n2)CC1. The van der Waals surface area contributed by atoms with E-state index in [1.165, 1.54) is 17.4 Å². The summed E-state index contributed by atoms with van der Waals surface area (Å²) in [5.41, 5.74) is 8.00. The molecule has 0 atom stereocenters. The highest BCUT2D eigenvalue weighted by Crippen LogP contribution is 2.42. The molecule has 1 amide bonds. The molecule has 1 aromatic carbocycles. The van der Waals surface area contributed by atoms with Crippen molar-refractivity contribution in [2.45, 2.75) is 31.4 Å². The smallest absolute Gasteiger partial charge is 0.275 e. The summed E-state index contributed by atoms with van der Waals surface area (Å²) in [6.07, 6.45) is 3.80. The molecule has 138 valence electrons. The number of likely N-dealkylation sites (tertiary alicyclic amines) is 1. The third-order valence-electron chi connectivity index (χ3n) is 5.36. The van der Waals surface area contributed by atoms with Crippen LogP contribution in [0.4, 0.5) is 0 Å². The monoisotopic (exact) mass is 357 g/mol. The van der Waals surface area contributed by atoms with Crippen molar-refractivity contribution in [3.05, 3.63) is 47.2 Å². The number of hydrogen-bond acceptors (Lipinski definition) is 6. The molecule has 2 aromatic rings. The maximum absolute atomic E-state index is 12.6. The van der Waals surface area contributed by atoms with Crippen LogP contribution in [-0.4, -0.2) is 42.6 Å². The highest BCUT2D eigenvalue weighted by molar-refractivity contribution is 5.92. The van der Waals surface area contributed by atoms with Crippen molar-refractivity contribution in [2.24, 2.45) is 5.73 Å². The molecular weight excluding hydrogens is 334 g/mol. The second-order valence-corrected chi connectivity index (χ2v) is 6.74. The summed E-state index contributed by atoms with van der Waals surface area (Å²) in [5, 5.41) is 0. The molecule has 1 fully saturated rings. The molecule has 26 heavy (non-hydrogen) atoms. The topological polar surface area (TPSA) is 90.8 Å². The molecule has 0 aliphatic carbocycles. The summed E-state index contributed by atoms with van der Waals surface area (Å²) >= 11 is 0. The first-order chi connectivity index (χ1) is 12.6. The van der Waals surface area contributed by atoms with Crippen LogP contribution in [0.2, 0.25) is 0 Å². The molecule has 2 aliphatic heterocycles. The van der Waals surface area contributed by atoms with E-state index in [1.54, 1.807) is 7.11 Å². The molecule has 2 N–H and O–H groups in total. The van der Waals surface area contributed by atoms with E-state index < -0.39 is 0 Å². The average Bonchev–Trinajstić information content (AvgIpc) is 3.17. The first-order valence-electron chi connectivity index (χ1n) is 8.90. The minimum absolute atomic E-state index is 0.117. The number of aromatic nitrogens is 1. The summed E-state index contributed by atoms with van der Waals surface area (Å²) in [6.45, 7) is 2.12. The van der Waals surface area contributed by atoms with E-state index in [-0.39, 0.29) is 18.1 Å². The van der Waals surface area contributed by atoms with Gasteiger partial charge in [0.15, 0.2) is 5.69 Å². The van der Waals surface area contributed by atoms with E-state index in [1.807, 2.05) is 11.0 Å². The average molecular weight is 357 g/mol. The number of carbonyl (C=O) groups excluding carboxylic acids is 1. The first kappa shape index (κ1) is 17.1. The van der Waals surface area contributed by atoms with Gasteiger partial charge in [-0.1, -0.05) is 6.07 Å². The minimum Gasteiger partial charge on any atom is -0.497 e. The Balaban J connectivity index is 1.51. The molecule has 2 aliphatic rings. The van der Waals surface area contributed by atoms with Gasteiger partial charge in [-0.2, -0.15) is 0 Å². The van der Waals surface area contributed by atoms with E-state index in [0.717, 1.165) is 25.0 Å². The fourth-order valence-electron chi connectivity index (χ4n) is 3.93. The number of carbonyl (C=O) groups is 1. The zero-order valence-corrected chi connectivity index (χ0v) is 14.9. The summed E-state index contributed by atoms with van der Waals surface area (Å²) in [4.78, 5) is 18.6. The van der Waals surface area contributed by atoms with Gasteiger partial charge >= 0.3 is 0 Å². The Morgan fingerprint density at radius 1 is 1.38 bits per heavy atom. The summed E-state index contributed by atoms with van der Waals surface area (Å²) in [7, 11) is 1.68. The zero-order valence-electron chi connectivity index (χ0n) is 14.9. The molecule has 1 saturated heterocycles. The lowest BCUT2D eigenvalue weighted by molar-refractivity contribution is -0.0935. The largest absolute Gasteiger partial charge is 0.497 e. The second kappa shape index (κ2) is 6.74. The van der Waals surface area contributed by atoms with E-state index in [2.05, 4.69) is 17.1 Å². The van der Waals surface area contributed by atoms with Crippen molar-refractivity contribution in [2.75, 3.05) is 26.8 Å². The number of amides is 1. The van der Waals surface area contributed by atoms with Crippen molar-refractivity contribution >= 4 is 5.91 Å². The lowest BCUT2D eigenvalue weighted by Crippen LogP contribution is -2.48. The van der Waals surface area contributed by atoms with Gasteiger partial charge in [0, 0.05) is 13.1 Å². The normalized spacial score (nSPS) is 18.6. The van der Waals surface area contributed by atoms with Crippen LogP contribution in [0.25, 0.3) is 0 Å². The molecule has 0 bridgehead atoms. The van der Waals surface area contributed by atoms with Crippen LogP contribution in [0, 0.1) is 0 Å². The maximum Gasteiger partial charge on any atom is 0.275 e. The maximum atomic E-state index is 12.6. The molecule has 4 rings (SSSR count). The third kappa shape index (κ3) is 2.87. The molecule has 1 aromatic heterocycles. The van der Waals surface area contributed by atoms with E-state index in [9.17, 15) is 4.79 Å². The highest BCUT2D eigenvalue weighted by atomic mass is 16.5. The minimum atomic E-state index is -0.317. The van der Waals surface area contributed by atoms with Gasteiger partial charge in [-0.15, -0.1) is 0 Å². The number of methoxy groups -OCH3 is 1. The Morgan fingerprint density at radius 3 is 2.88 bits per heavy atom. The number of rotatable bonds is 3. The lowest BCUT2D eigenvalue weighted by Gasteiger charge is -2.45.